The summed E-state index contributed by atoms with van der Waals surface area (Å²) in [7, 11) is 0. The lowest BCUT2D eigenvalue weighted by Crippen LogP contribution is -2.58. The molecule has 0 saturated carbocycles. The van der Waals surface area contributed by atoms with Crippen molar-refractivity contribution in [3.05, 3.63) is 54.1 Å². The average molecular weight is 588 g/mol. The third kappa shape index (κ3) is 12.0. The topological polar surface area (TPSA) is 281 Å². The highest BCUT2D eigenvalue weighted by Crippen LogP contribution is 2.08. The van der Waals surface area contributed by atoms with Crippen molar-refractivity contribution in [1.82, 2.24) is 25.9 Å². The maximum Gasteiger partial charge on any atom is 0.326 e. The summed E-state index contributed by atoms with van der Waals surface area (Å²) in [4.78, 5) is 72.7. The number of aliphatic imine (C=N–C) groups is 1. The van der Waals surface area contributed by atoms with Gasteiger partial charge in [0.05, 0.1) is 12.4 Å². The number of aliphatic carboxylic acids is 2. The molecular formula is C26H37N9O7. The molecule has 4 unspecified atom stereocenters. The molecule has 0 aliphatic carbocycles. The average Bonchev–Trinajstić information content (AvgIpc) is 3.45. The molecule has 12 N–H and O–H groups in total. The van der Waals surface area contributed by atoms with Crippen LogP contribution in [0.4, 0.5) is 0 Å². The van der Waals surface area contributed by atoms with Crippen molar-refractivity contribution in [2.24, 2.45) is 22.2 Å². The number of H-pyrrole nitrogens is 1. The quantitative estimate of drug-likeness (QED) is 0.0521. The lowest BCUT2D eigenvalue weighted by molar-refractivity contribution is -0.142. The van der Waals surface area contributed by atoms with Gasteiger partial charge in [-0.2, -0.15) is 0 Å². The number of nitrogens with two attached hydrogens (primary N) is 3. The minimum absolute atomic E-state index is 0.0155. The van der Waals surface area contributed by atoms with Crippen LogP contribution in [0.25, 0.3) is 0 Å². The van der Waals surface area contributed by atoms with E-state index in [1.165, 1.54) is 12.5 Å². The maximum absolute atomic E-state index is 13.5. The van der Waals surface area contributed by atoms with Gasteiger partial charge in [-0.25, -0.2) is 9.78 Å². The van der Waals surface area contributed by atoms with E-state index in [1.54, 1.807) is 30.3 Å². The zero-order chi connectivity index (χ0) is 31.1. The smallest absolute Gasteiger partial charge is 0.326 e. The van der Waals surface area contributed by atoms with Crippen LogP contribution in [-0.4, -0.2) is 86.5 Å². The minimum atomic E-state index is -1.28. The summed E-state index contributed by atoms with van der Waals surface area (Å²) in [5.41, 5.74) is 17.6. The van der Waals surface area contributed by atoms with Crippen LogP contribution < -0.4 is 33.2 Å². The number of carbonyl (C=O) groups excluding carboxylic acids is 3. The summed E-state index contributed by atoms with van der Waals surface area (Å²) in [6.07, 6.45) is 2.59. The van der Waals surface area contributed by atoms with Crippen molar-refractivity contribution in [2.45, 2.75) is 62.7 Å². The number of hydrogen-bond acceptors (Lipinski definition) is 8. The van der Waals surface area contributed by atoms with Crippen LogP contribution in [0.1, 0.15) is 36.9 Å². The Bertz CT molecular complexity index is 1220. The molecule has 0 aliphatic heterocycles. The van der Waals surface area contributed by atoms with Crippen molar-refractivity contribution in [3.63, 3.8) is 0 Å². The van der Waals surface area contributed by atoms with Crippen LogP contribution in [0.15, 0.2) is 47.8 Å². The van der Waals surface area contributed by atoms with Gasteiger partial charge in [-0.3, -0.25) is 24.2 Å². The Kier molecular flexibility index (Phi) is 13.4. The van der Waals surface area contributed by atoms with Crippen molar-refractivity contribution >= 4 is 35.6 Å². The first-order chi connectivity index (χ1) is 20.0. The Balaban J connectivity index is 2.23. The molecule has 1 aromatic heterocycles. The van der Waals surface area contributed by atoms with Crippen LogP contribution in [0.5, 0.6) is 0 Å². The molecule has 42 heavy (non-hydrogen) atoms. The summed E-state index contributed by atoms with van der Waals surface area (Å²) in [5.74, 6) is -4.82. The first-order valence-electron chi connectivity index (χ1n) is 13.1. The first-order valence-corrected chi connectivity index (χ1v) is 13.1. The number of nitrogens with one attached hydrogen (secondary N) is 4. The molecule has 0 radical (unpaired) electrons. The third-order valence-corrected chi connectivity index (χ3v) is 6.09. The zero-order valence-electron chi connectivity index (χ0n) is 22.9. The first kappa shape index (κ1) is 33.2. The highest BCUT2D eigenvalue weighted by molar-refractivity contribution is 5.94. The fraction of sp³-hybridized carbons (Fsp3) is 0.423. The summed E-state index contributed by atoms with van der Waals surface area (Å²) >= 11 is 0. The lowest BCUT2D eigenvalue weighted by Gasteiger charge is -2.25. The predicted molar refractivity (Wildman–Crippen MR) is 151 cm³/mol. The second kappa shape index (κ2) is 17.0. The van der Waals surface area contributed by atoms with E-state index in [2.05, 4.69) is 30.9 Å². The van der Waals surface area contributed by atoms with Gasteiger partial charge in [-0.15, -0.1) is 0 Å². The summed E-state index contributed by atoms with van der Waals surface area (Å²) < 4.78 is 0. The molecule has 0 fully saturated rings. The predicted octanol–water partition coefficient (Wildman–Crippen LogP) is -2.02. The number of aromatic amines is 1. The van der Waals surface area contributed by atoms with Crippen LogP contribution in [0, 0.1) is 0 Å². The van der Waals surface area contributed by atoms with E-state index in [4.69, 9.17) is 22.3 Å². The van der Waals surface area contributed by atoms with Gasteiger partial charge in [0, 0.05) is 37.7 Å². The number of imidazole rings is 1. The maximum atomic E-state index is 13.5. The van der Waals surface area contributed by atoms with E-state index in [1.807, 2.05) is 0 Å². The lowest BCUT2D eigenvalue weighted by atomic mass is 10.0. The largest absolute Gasteiger partial charge is 0.481 e. The second-order valence-electron chi connectivity index (χ2n) is 9.48. The zero-order valence-corrected chi connectivity index (χ0v) is 22.9. The van der Waals surface area contributed by atoms with E-state index in [-0.39, 0.29) is 51.0 Å². The van der Waals surface area contributed by atoms with Gasteiger partial charge in [0.25, 0.3) is 0 Å². The number of carboxylic acid groups (broad SMARTS) is 2. The van der Waals surface area contributed by atoms with Gasteiger partial charge >= 0.3 is 11.9 Å². The highest BCUT2D eigenvalue weighted by Gasteiger charge is 2.31. The van der Waals surface area contributed by atoms with Crippen molar-refractivity contribution < 1.29 is 34.2 Å². The van der Waals surface area contributed by atoms with Crippen LogP contribution in [0.3, 0.4) is 0 Å². The fourth-order valence-corrected chi connectivity index (χ4v) is 3.88. The second-order valence-corrected chi connectivity index (χ2v) is 9.48. The van der Waals surface area contributed by atoms with Crippen molar-refractivity contribution in [3.8, 4) is 0 Å². The Morgan fingerprint density at radius 2 is 1.50 bits per heavy atom. The Labute approximate surface area is 241 Å². The normalized spacial score (nSPS) is 13.5. The van der Waals surface area contributed by atoms with Gasteiger partial charge in [-0.1, -0.05) is 30.3 Å². The molecule has 3 amide bonds. The number of amides is 3. The van der Waals surface area contributed by atoms with E-state index < -0.39 is 53.8 Å². The number of carboxylic acids is 2. The summed E-state index contributed by atoms with van der Waals surface area (Å²) in [6.45, 7) is 0.162. The third-order valence-electron chi connectivity index (χ3n) is 6.09. The number of guanidine groups is 1. The van der Waals surface area contributed by atoms with E-state index in [0.29, 0.717) is 11.3 Å². The van der Waals surface area contributed by atoms with Crippen molar-refractivity contribution in [2.75, 3.05) is 6.54 Å². The van der Waals surface area contributed by atoms with E-state index in [9.17, 15) is 29.1 Å². The molecule has 4 atom stereocenters. The van der Waals surface area contributed by atoms with Gasteiger partial charge < -0.3 is 48.3 Å². The minimum Gasteiger partial charge on any atom is -0.481 e. The number of rotatable bonds is 18. The van der Waals surface area contributed by atoms with E-state index in [0.717, 1.165) is 0 Å². The summed E-state index contributed by atoms with van der Waals surface area (Å²) in [5, 5.41) is 26.1. The summed E-state index contributed by atoms with van der Waals surface area (Å²) in [6, 6.07) is 3.81. The number of aromatic nitrogens is 2. The standard InChI is InChI=1S/C26H37N9O7/c27-17(8-9-21(36)37)22(38)34-20(12-16-13-30-14-32-16)24(40)35-19(11-15-5-2-1-3-6-15)23(39)33-18(25(41)42)7-4-10-31-26(28)29/h1-3,5-6,13-14,17-20H,4,7-12,27H2,(H,30,32)(H,33,39)(H,34,38)(H,35,40)(H,36,37)(H,41,42)(H4,28,29,31). The van der Waals surface area contributed by atoms with Crippen molar-refractivity contribution in [1.29, 1.82) is 0 Å². The monoisotopic (exact) mass is 587 g/mol. The molecule has 16 nitrogen and oxygen atoms in total. The molecule has 0 saturated heterocycles. The van der Waals surface area contributed by atoms with Crippen LogP contribution in [0.2, 0.25) is 0 Å². The number of hydrogen-bond donors (Lipinski definition) is 9. The molecule has 0 bridgehead atoms. The fourth-order valence-electron chi connectivity index (χ4n) is 3.88. The molecule has 228 valence electrons. The van der Waals surface area contributed by atoms with Crippen LogP contribution >= 0.6 is 0 Å². The highest BCUT2D eigenvalue weighted by atomic mass is 16.4. The van der Waals surface area contributed by atoms with Gasteiger partial charge in [0.15, 0.2) is 5.96 Å². The Hall–Kier alpha value is -4.99. The molecule has 16 heteroatoms. The Morgan fingerprint density at radius 1 is 0.881 bits per heavy atom. The van der Waals surface area contributed by atoms with Gasteiger partial charge in [0.1, 0.15) is 18.1 Å². The number of carbonyl (C=O) groups is 5. The molecule has 2 rings (SSSR count). The van der Waals surface area contributed by atoms with Gasteiger partial charge in [-0.05, 0) is 24.8 Å². The Morgan fingerprint density at radius 3 is 2.07 bits per heavy atom. The molecule has 1 heterocycles. The number of benzene rings is 1. The molecular weight excluding hydrogens is 550 g/mol. The molecule has 1 aromatic carbocycles. The van der Waals surface area contributed by atoms with Gasteiger partial charge in [0.2, 0.25) is 17.7 Å². The van der Waals surface area contributed by atoms with Crippen LogP contribution in [-0.2, 0) is 36.8 Å². The SMILES string of the molecule is NC(N)=NCCCC(NC(=O)C(Cc1ccccc1)NC(=O)C(Cc1cnc[nH]1)NC(=O)C(N)CCC(=O)O)C(=O)O. The molecule has 2 aromatic rings. The molecule has 0 aliphatic rings. The van der Waals surface area contributed by atoms with E-state index >= 15 is 0 Å². The number of nitrogens with zero attached hydrogens (tertiary/aromatic N) is 2. The molecule has 0 spiro atoms.